The second-order valence-corrected chi connectivity index (χ2v) is 6.41. The van der Waals surface area contributed by atoms with E-state index in [0.717, 1.165) is 30.4 Å². The van der Waals surface area contributed by atoms with E-state index in [4.69, 9.17) is 27.2 Å². The summed E-state index contributed by atoms with van der Waals surface area (Å²) >= 11 is 5.94. The predicted octanol–water partition coefficient (Wildman–Crippen LogP) is 2.94. The van der Waals surface area contributed by atoms with Gasteiger partial charge in [-0.05, 0) is 43.1 Å². The van der Waals surface area contributed by atoms with E-state index < -0.39 is 12.1 Å². The van der Waals surface area contributed by atoms with E-state index in [9.17, 15) is 18.0 Å². The molecular formula is C17H17ClF3N3O3. The van der Waals surface area contributed by atoms with Crippen LogP contribution in [0, 0.1) is 5.92 Å². The molecule has 1 aromatic carbocycles. The summed E-state index contributed by atoms with van der Waals surface area (Å²) in [6, 6.07) is 9.11. The Morgan fingerprint density at radius 2 is 1.96 bits per heavy atom. The summed E-state index contributed by atoms with van der Waals surface area (Å²) in [5.41, 5.74) is 6.93. The van der Waals surface area contributed by atoms with Crippen LogP contribution < -0.4 is 5.73 Å². The second kappa shape index (κ2) is 8.53. The molecule has 2 aromatic rings. The van der Waals surface area contributed by atoms with E-state index in [1.165, 1.54) is 0 Å². The van der Waals surface area contributed by atoms with Gasteiger partial charge in [0, 0.05) is 23.5 Å². The molecule has 1 saturated heterocycles. The van der Waals surface area contributed by atoms with Crippen molar-refractivity contribution in [3.05, 3.63) is 41.0 Å². The average molecular weight is 404 g/mol. The van der Waals surface area contributed by atoms with Crippen LogP contribution in [-0.2, 0) is 4.79 Å². The number of carbonyl (C=O) groups is 2. The van der Waals surface area contributed by atoms with Crippen LogP contribution in [-0.4, -0.2) is 52.7 Å². The fourth-order valence-electron chi connectivity index (χ4n) is 2.59. The lowest BCUT2D eigenvalue weighted by molar-refractivity contribution is -0.192. The van der Waals surface area contributed by atoms with Gasteiger partial charge in [-0.25, -0.2) is 9.78 Å². The number of halogens is 4. The number of rotatable bonds is 2. The zero-order chi connectivity index (χ0) is 20.2. The molecule has 6 nitrogen and oxygen atoms in total. The van der Waals surface area contributed by atoms with Crippen LogP contribution in [0.2, 0.25) is 5.02 Å². The van der Waals surface area contributed by atoms with Crippen LogP contribution in [0.4, 0.5) is 13.2 Å². The van der Waals surface area contributed by atoms with Crippen molar-refractivity contribution in [3.63, 3.8) is 0 Å². The molecule has 27 heavy (non-hydrogen) atoms. The van der Waals surface area contributed by atoms with Crippen molar-refractivity contribution in [2.75, 3.05) is 19.6 Å². The number of aromatic nitrogens is 1. The van der Waals surface area contributed by atoms with Crippen molar-refractivity contribution in [2.24, 2.45) is 11.7 Å². The molecule has 1 fully saturated rings. The molecule has 0 aliphatic carbocycles. The summed E-state index contributed by atoms with van der Waals surface area (Å²) < 4.78 is 31.7. The molecule has 3 rings (SSSR count). The van der Waals surface area contributed by atoms with E-state index in [1.54, 1.807) is 12.1 Å². The van der Waals surface area contributed by atoms with Gasteiger partial charge in [-0.3, -0.25) is 4.79 Å². The first kappa shape index (κ1) is 20.9. The Morgan fingerprint density at radius 3 is 2.52 bits per heavy atom. The Bertz CT molecular complexity index is 845. The van der Waals surface area contributed by atoms with Crippen molar-refractivity contribution in [2.45, 2.75) is 12.6 Å². The highest BCUT2D eigenvalue weighted by molar-refractivity contribution is 6.31. The standard InChI is InChI=1S/C15H16ClN3O.C2HF3O2/c16-12-2-4-13-11(7-12)1-3-14(18-13)15(20)19-6-5-10(8-17)9-19;3-2(4,5)1(6)7/h1-4,7,10H,5-6,8-9,17H2;(H,6,7). The summed E-state index contributed by atoms with van der Waals surface area (Å²) in [5, 5.41) is 8.74. The van der Waals surface area contributed by atoms with Gasteiger partial charge in [0.25, 0.3) is 5.91 Å². The molecular weight excluding hydrogens is 387 g/mol. The number of likely N-dealkylation sites (tertiary alicyclic amines) is 1. The van der Waals surface area contributed by atoms with Crippen molar-refractivity contribution in [1.29, 1.82) is 0 Å². The van der Waals surface area contributed by atoms with Crippen molar-refractivity contribution in [3.8, 4) is 0 Å². The van der Waals surface area contributed by atoms with Crippen LogP contribution in [0.1, 0.15) is 16.9 Å². The third-order valence-electron chi connectivity index (χ3n) is 4.02. The number of fused-ring (bicyclic) bond motifs is 1. The van der Waals surface area contributed by atoms with Gasteiger partial charge in [-0.2, -0.15) is 13.2 Å². The van der Waals surface area contributed by atoms with Crippen molar-refractivity contribution >= 4 is 34.4 Å². The minimum atomic E-state index is -5.08. The summed E-state index contributed by atoms with van der Waals surface area (Å²) in [6.45, 7) is 2.13. The van der Waals surface area contributed by atoms with Crippen LogP contribution >= 0.6 is 11.6 Å². The normalized spacial score (nSPS) is 16.8. The first-order chi connectivity index (χ1) is 12.6. The van der Waals surface area contributed by atoms with E-state index in [0.29, 0.717) is 23.2 Å². The SMILES string of the molecule is NCC1CCN(C(=O)c2ccc3cc(Cl)ccc3n2)C1.O=C(O)C(F)(F)F. The zero-order valence-electron chi connectivity index (χ0n) is 14.0. The van der Waals surface area contributed by atoms with E-state index in [-0.39, 0.29) is 5.91 Å². The Labute approximate surface area is 157 Å². The largest absolute Gasteiger partial charge is 0.490 e. The smallest absolute Gasteiger partial charge is 0.475 e. The number of carboxylic acids is 1. The molecule has 146 valence electrons. The fraction of sp³-hybridized carbons (Fsp3) is 0.353. The number of pyridine rings is 1. The molecule has 1 aromatic heterocycles. The first-order valence-corrected chi connectivity index (χ1v) is 8.35. The predicted molar refractivity (Wildman–Crippen MR) is 93.5 cm³/mol. The Hall–Kier alpha value is -2.39. The van der Waals surface area contributed by atoms with E-state index in [1.807, 2.05) is 23.1 Å². The second-order valence-electron chi connectivity index (χ2n) is 5.98. The van der Waals surface area contributed by atoms with Gasteiger partial charge in [0.05, 0.1) is 5.52 Å². The Balaban J connectivity index is 0.000000321. The number of hydrogen-bond acceptors (Lipinski definition) is 4. The number of carbonyl (C=O) groups excluding carboxylic acids is 1. The number of aliphatic carboxylic acids is 1. The summed E-state index contributed by atoms with van der Waals surface area (Å²) in [6.07, 6.45) is -4.11. The van der Waals surface area contributed by atoms with Crippen LogP contribution in [0.3, 0.4) is 0 Å². The summed E-state index contributed by atoms with van der Waals surface area (Å²) in [4.78, 5) is 27.6. The molecule has 10 heteroatoms. The molecule has 1 aliphatic heterocycles. The summed E-state index contributed by atoms with van der Waals surface area (Å²) in [5.74, 6) is -2.36. The number of benzene rings is 1. The fourth-order valence-corrected chi connectivity index (χ4v) is 2.77. The number of nitrogens with two attached hydrogens (primary N) is 1. The first-order valence-electron chi connectivity index (χ1n) is 7.97. The van der Waals surface area contributed by atoms with Gasteiger partial charge in [-0.1, -0.05) is 17.7 Å². The molecule has 1 aliphatic rings. The highest BCUT2D eigenvalue weighted by Crippen LogP contribution is 2.21. The molecule has 1 amide bonds. The van der Waals surface area contributed by atoms with Gasteiger partial charge in [0.1, 0.15) is 5.69 Å². The van der Waals surface area contributed by atoms with Gasteiger partial charge >= 0.3 is 12.1 Å². The zero-order valence-corrected chi connectivity index (χ0v) is 14.8. The maximum Gasteiger partial charge on any atom is 0.490 e. The van der Waals surface area contributed by atoms with Crippen molar-refractivity contribution in [1.82, 2.24) is 9.88 Å². The minimum Gasteiger partial charge on any atom is -0.475 e. The average Bonchev–Trinajstić information content (AvgIpc) is 3.09. The quantitative estimate of drug-likeness (QED) is 0.803. The number of amides is 1. The monoisotopic (exact) mass is 403 g/mol. The van der Waals surface area contributed by atoms with Crippen LogP contribution in [0.25, 0.3) is 10.9 Å². The topological polar surface area (TPSA) is 96.5 Å². The Kier molecular flexibility index (Phi) is 6.61. The van der Waals surface area contributed by atoms with E-state index >= 15 is 0 Å². The molecule has 0 spiro atoms. The maximum absolute atomic E-state index is 12.4. The van der Waals surface area contributed by atoms with Gasteiger partial charge in [-0.15, -0.1) is 0 Å². The summed E-state index contributed by atoms with van der Waals surface area (Å²) in [7, 11) is 0. The lowest BCUT2D eigenvalue weighted by atomic mass is 10.1. The van der Waals surface area contributed by atoms with Crippen molar-refractivity contribution < 1.29 is 27.9 Å². The highest BCUT2D eigenvalue weighted by Gasteiger charge is 2.38. The Morgan fingerprint density at radius 1 is 1.30 bits per heavy atom. The van der Waals surface area contributed by atoms with Gasteiger partial charge in [0.2, 0.25) is 0 Å². The maximum atomic E-state index is 12.4. The van der Waals surface area contributed by atoms with Gasteiger partial charge in [0.15, 0.2) is 0 Å². The van der Waals surface area contributed by atoms with Crippen LogP contribution in [0.5, 0.6) is 0 Å². The number of alkyl halides is 3. The number of hydrogen-bond donors (Lipinski definition) is 2. The number of nitrogens with zero attached hydrogens (tertiary/aromatic N) is 2. The third-order valence-corrected chi connectivity index (χ3v) is 4.25. The molecule has 3 N–H and O–H groups in total. The van der Waals surface area contributed by atoms with Crippen LogP contribution in [0.15, 0.2) is 30.3 Å². The van der Waals surface area contributed by atoms with Gasteiger partial charge < -0.3 is 15.7 Å². The highest BCUT2D eigenvalue weighted by atomic mass is 35.5. The lowest BCUT2D eigenvalue weighted by Crippen LogP contribution is -2.30. The molecule has 1 unspecified atom stereocenters. The molecule has 1 atom stereocenters. The third kappa shape index (κ3) is 5.54. The molecule has 2 heterocycles. The number of carboxylic acid groups (broad SMARTS) is 1. The molecule has 0 bridgehead atoms. The lowest BCUT2D eigenvalue weighted by Gasteiger charge is -2.15. The molecule has 0 saturated carbocycles. The minimum absolute atomic E-state index is 0.0159. The van der Waals surface area contributed by atoms with E-state index in [2.05, 4.69) is 4.98 Å². The molecule has 0 radical (unpaired) electrons.